The van der Waals surface area contributed by atoms with Crippen molar-refractivity contribution in [3.63, 3.8) is 0 Å². The van der Waals surface area contributed by atoms with Crippen LogP contribution < -0.4 is 5.32 Å². The predicted octanol–water partition coefficient (Wildman–Crippen LogP) is 4.00. The van der Waals surface area contributed by atoms with E-state index in [0.717, 1.165) is 13.1 Å². The number of aromatic nitrogens is 2. The van der Waals surface area contributed by atoms with E-state index in [1.54, 1.807) is 0 Å². The van der Waals surface area contributed by atoms with Crippen LogP contribution in [0.1, 0.15) is 47.7 Å². The molecule has 0 aliphatic carbocycles. The van der Waals surface area contributed by atoms with E-state index < -0.39 is 0 Å². The highest BCUT2D eigenvalue weighted by molar-refractivity contribution is 5.50. The number of unbranched alkanes of at least 4 members (excludes halogenated alkanes) is 1. The molecule has 21 heavy (non-hydrogen) atoms. The Morgan fingerprint density at radius 2 is 1.76 bits per heavy atom. The SMILES string of the molecule is CCCCNCc1cnn(-c2c(C)cc(C)cc2C)c1C. The summed E-state index contributed by atoms with van der Waals surface area (Å²) in [6.07, 6.45) is 4.45. The summed E-state index contributed by atoms with van der Waals surface area (Å²) < 4.78 is 2.08. The molecular weight excluding hydrogens is 258 g/mol. The van der Waals surface area contributed by atoms with Gasteiger partial charge < -0.3 is 5.32 Å². The van der Waals surface area contributed by atoms with Crippen molar-refractivity contribution in [2.45, 2.75) is 54.0 Å². The molecule has 0 unspecified atom stereocenters. The van der Waals surface area contributed by atoms with E-state index >= 15 is 0 Å². The molecule has 1 N–H and O–H groups in total. The smallest absolute Gasteiger partial charge is 0.0707 e. The average molecular weight is 285 g/mol. The number of benzene rings is 1. The van der Waals surface area contributed by atoms with Crippen LogP contribution in [0, 0.1) is 27.7 Å². The van der Waals surface area contributed by atoms with Crippen molar-refractivity contribution in [1.29, 1.82) is 0 Å². The van der Waals surface area contributed by atoms with Gasteiger partial charge in [0.25, 0.3) is 0 Å². The van der Waals surface area contributed by atoms with E-state index in [1.165, 1.54) is 46.5 Å². The number of aryl methyl sites for hydroxylation is 3. The summed E-state index contributed by atoms with van der Waals surface area (Å²) >= 11 is 0. The van der Waals surface area contributed by atoms with Crippen molar-refractivity contribution < 1.29 is 0 Å². The average Bonchev–Trinajstić information content (AvgIpc) is 2.76. The van der Waals surface area contributed by atoms with Crippen LogP contribution in [0.2, 0.25) is 0 Å². The lowest BCUT2D eigenvalue weighted by atomic mass is 10.0. The number of hydrogen-bond donors (Lipinski definition) is 1. The maximum Gasteiger partial charge on any atom is 0.0707 e. The molecule has 0 saturated carbocycles. The molecule has 0 spiro atoms. The minimum atomic E-state index is 0.899. The van der Waals surface area contributed by atoms with Crippen LogP contribution in [-0.4, -0.2) is 16.3 Å². The summed E-state index contributed by atoms with van der Waals surface area (Å²) in [7, 11) is 0. The maximum atomic E-state index is 4.61. The van der Waals surface area contributed by atoms with Crippen LogP contribution >= 0.6 is 0 Å². The van der Waals surface area contributed by atoms with E-state index in [9.17, 15) is 0 Å². The van der Waals surface area contributed by atoms with E-state index in [1.807, 2.05) is 6.20 Å². The molecule has 0 atom stereocenters. The van der Waals surface area contributed by atoms with Crippen molar-refractivity contribution in [3.8, 4) is 5.69 Å². The normalized spacial score (nSPS) is 11.1. The van der Waals surface area contributed by atoms with Gasteiger partial charge in [0.2, 0.25) is 0 Å². The van der Waals surface area contributed by atoms with E-state index in [4.69, 9.17) is 0 Å². The van der Waals surface area contributed by atoms with Crippen LogP contribution in [0.4, 0.5) is 0 Å². The molecule has 2 aromatic rings. The minimum absolute atomic E-state index is 0.899. The molecule has 0 amide bonds. The molecule has 0 bridgehead atoms. The Bertz CT molecular complexity index is 588. The standard InChI is InChI=1S/C18H27N3/c1-6-7-8-19-11-17-12-20-21(16(17)5)18-14(3)9-13(2)10-15(18)4/h9-10,12,19H,6-8,11H2,1-5H3. The lowest BCUT2D eigenvalue weighted by Gasteiger charge is -2.13. The molecule has 0 fully saturated rings. The molecule has 114 valence electrons. The summed E-state index contributed by atoms with van der Waals surface area (Å²) in [6.45, 7) is 12.8. The van der Waals surface area contributed by atoms with Crippen LogP contribution in [0.5, 0.6) is 0 Å². The predicted molar refractivity (Wildman–Crippen MR) is 89.1 cm³/mol. The highest BCUT2D eigenvalue weighted by atomic mass is 15.3. The summed E-state index contributed by atoms with van der Waals surface area (Å²) in [5.74, 6) is 0. The largest absolute Gasteiger partial charge is 0.313 e. The molecule has 1 aromatic carbocycles. The van der Waals surface area contributed by atoms with Gasteiger partial charge in [-0.3, -0.25) is 0 Å². The van der Waals surface area contributed by atoms with Gasteiger partial charge in [0, 0.05) is 17.8 Å². The first kappa shape index (κ1) is 15.8. The van der Waals surface area contributed by atoms with Crippen LogP contribution in [0.15, 0.2) is 18.3 Å². The fraction of sp³-hybridized carbons (Fsp3) is 0.500. The van der Waals surface area contributed by atoms with Crippen molar-refractivity contribution in [2.24, 2.45) is 0 Å². The molecule has 0 aliphatic heterocycles. The van der Waals surface area contributed by atoms with Gasteiger partial charge in [-0.05, 0) is 51.8 Å². The molecule has 0 saturated heterocycles. The van der Waals surface area contributed by atoms with Crippen LogP contribution in [0.3, 0.4) is 0 Å². The number of nitrogens with one attached hydrogen (secondary N) is 1. The summed E-state index contributed by atoms with van der Waals surface area (Å²) in [4.78, 5) is 0. The Labute approximate surface area is 128 Å². The molecule has 3 nitrogen and oxygen atoms in total. The zero-order chi connectivity index (χ0) is 15.4. The molecule has 0 radical (unpaired) electrons. The third-order valence-electron chi connectivity index (χ3n) is 3.98. The minimum Gasteiger partial charge on any atom is -0.313 e. The van der Waals surface area contributed by atoms with Gasteiger partial charge in [-0.1, -0.05) is 31.0 Å². The quantitative estimate of drug-likeness (QED) is 0.813. The van der Waals surface area contributed by atoms with Crippen molar-refractivity contribution in [3.05, 3.63) is 46.3 Å². The zero-order valence-corrected chi connectivity index (χ0v) is 14.0. The van der Waals surface area contributed by atoms with E-state index in [0.29, 0.717) is 0 Å². The summed E-state index contributed by atoms with van der Waals surface area (Å²) in [5, 5.41) is 8.11. The molecule has 2 rings (SSSR count). The summed E-state index contributed by atoms with van der Waals surface area (Å²) in [5.41, 5.74) is 7.60. The zero-order valence-electron chi connectivity index (χ0n) is 14.0. The Balaban J connectivity index is 2.24. The molecule has 0 aliphatic rings. The second kappa shape index (κ2) is 6.90. The van der Waals surface area contributed by atoms with Crippen molar-refractivity contribution >= 4 is 0 Å². The fourth-order valence-electron chi connectivity index (χ4n) is 2.87. The lowest BCUT2D eigenvalue weighted by Crippen LogP contribution is -2.15. The van der Waals surface area contributed by atoms with Gasteiger partial charge >= 0.3 is 0 Å². The highest BCUT2D eigenvalue weighted by Crippen LogP contribution is 2.23. The monoisotopic (exact) mass is 285 g/mol. The third kappa shape index (κ3) is 3.53. The second-order valence-electron chi connectivity index (χ2n) is 5.94. The fourth-order valence-corrected chi connectivity index (χ4v) is 2.87. The van der Waals surface area contributed by atoms with Crippen LogP contribution in [0.25, 0.3) is 5.69 Å². The van der Waals surface area contributed by atoms with E-state index in [-0.39, 0.29) is 0 Å². The van der Waals surface area contributed by atoms with Crippen molar-refractivity contribution in [2.75, 3.05) is 6.54 Å². The van der Waals surface area contributed by atoms with Gasteiger partial charge in [-0.15, -0.1) is 0 Å². The molecular formula is C18H27N3. The Kier molecular flexibility index (Phi) is 5.18. The number of nitrogens with zero attached hydrogens (tertiary/aromatic N) is 2. The Morgan fingerprint density at radius 3 is 2.38 bits per heavy atom. The third-order valence-corrected chi connectivity index (χ3v) is 3.98. The number of rotatable bonds is 6. The first-order valence-electron chi connectivity index (χ1n) is 7.87. The Morgan fingerprint density at radius 1 is 1.10 bits per heavy atom. The van der Waals surface area contributed by atoms with Crippen molar-refractivity contribution in [1.82, 2.24) is 15.1 Å². The van der Waals surface area contributed by atoms with Crippen LogP contribution in [-0.2, 0) is 6.54 Å². The van der Waals surface area contributed by atoms with Gasteiger partial charge in [0.15, 0.2) is 0 Å². The number of hydrogen-bond acceptors (Lipinski definition) is 2. The molecule has 1 heterocycles. The topological polar surface area (TPSA) is 29.9 Å². The first-order valence-corrected chi connectivity index (χ1v) is 7.87. The van der Waals surface area contributed by atoms with E-state index in [2.05, 4.69) is 61.8 Å². The first-order chi connectivity index (χ1) is 10.0. The maximum absolute atomic E-state index is 4.61. The van der Waals surface area contributed by atoms with Gasteiger partial charge in [0.1, 0.15) is 0 Å². The highest BCUT2D eigenvalue weighted by Gasteiger charge is 2.12. The Hall–Kier alpha value is -1.61. The van der Waals surface area contributed by atoms with Gasteiger partial charge in [0.05, 0.1) is 11.9 Å². The lowest BCUT2D eigenvalue weighted by molar-refractivity contribution is 0.639. The molecule has 1 aromatic heterocycles. The van der Waals surface area contributed by atoms with Gasteiger partial charge in [-0.25, -0.2) is 4.68 Å². The second-order valence-corrected chi connectivity index (χ2v) is 5.94. The molecule has 3 heteroatoms. The summed E-state index contributed by atoms with van der Waals surface area (Å²) in [6, 6.07) is 4.45. The van der Waals surface area contributed by atoms with Gasteiger partial charge in [-0.2, -0.15) is 5.10 Å².